The molecule has 138 valence electrons. The van der Waals surface area contributed by atoms with E-state index in [0.29, 0.717) is 17.9 Å². The Hall–Kier alpha value is -1.33. The largest absolute Gasteiger partial charge is 0.381 e. The molecule has 1 heterocycles. The van der Waals surface area contributed by atoms with Gasteiger partial charge in [0.1, 0.15) is 0 Å². The van der Waals surface area contributed by atoms with Crippen molar-refractivity contribution in [3.05, 3.63) is 25.3 Å². The van der Waals surface area contributed by atoms with E-state index in [9.17, 15) is 0 Å². The van der Waals surface area contributed by atoms with Crippen molar-refractivity contribution in [3.8, 4) is 0 Å². The summed E-state index contributed by atoms with van der Waals surface area (Å²) in [6, 6.07) is 0.404. The molecule has 0 aromatic heterocycles. The zero-order chi connectivity index (χ0) is 17.9. The summed E-state index contributed by atoms with van der Waals surface area (Å²) < 4.78 is 5.47. The summed E-state index contributed by atoms with van der Waals surface area (Å²) in [5.41, 5.74) is 0. The highest BCUT2D eigenvalue weighted by atomic mass is 16.5. The Bertz CT molecular complexity index is 392. The molecular formula is C19H36N4O. The SMILES string of the molecule is C=CCN(CC=C)C(CNC(=NC)N(C)CC1CCOC1)C(C)C. The fraction of sp³-hybridized carbons (Fsp3) is 0.737. The number of nitrogens with one attached hydrogen (secondary N) is 1. The normalized spacial score (nSPS) is 19.6. The number of hydrogen-bond acceptors (Lipinski definition) is 3. The van der Waals surface area contributed by atoms with Gasteiger partial charge in [-0.1, -0.05) is 26.0 Å². The molecule has 0 aromatic carbocycles. The maximum Gasteiger partial charge on any atom is 0.193 e. The van der Waals surface area contributed by atoms with Gasteiger partial charge in [0.25, 0.3) is 0 Å². The van der Waals surface area contributed by atoms with Crippen molar-refractivity contribution in [2.75, 3.05) is 53.5 Å². The zero-order valence-electron chi connectivity index (χ0n) is 16.0. The van der Waals surface area contributed by atoms with Gasteiger partial charge in [0.2, 0.25) is 0 Å². The molecular weight excluding hydrogens is 300 g/mol. The first-order valence-corrected chi connectivity index (χ1v) is 8.98. The van der Waals surface area contributed by atoms with Gasteiger partial charge in [-0.3, -0.25) is 9.89 Å². The molecule has 5 nitrogen and oxygen atoms in total. The van der Waals surface area contributed by atoms with Gasteiger partial charge in [0.05, 0.1) is 6.61 Å². The number of aliphatic imine (C=N–C) groups is 1. The van der Waals surface area contributed by atoms with E-state index in [1.807, 2.05) is 19.2 Å². The average molecular weight is 337 g/mol. The summed E-state index contributed by atoms with van der Waals surface area (Å²) in [6.07, 6.45) is 5.06. The second-order valence-electron chi connectivity index (χ2n) is 6.88. The van der Waals surface area contributed by atoms with E-state index in [1.165, 1.54) is 0 Å². The lowest BCUT2D eigenvalue weighted by Gasteiger charge is -2.34. The maximum absolute atomic E-state index is 5.47. The van der Waals surface area contributed by atoms with Crippen LogP contribution in [0.1, 0.15) is 20.3 Å². The summed E-state index contributed by atoms with van der Waals surface area (Å²) >= 11 is 0. The third-order valence-electron chi connectivity index (χ3n) is 4.56. The fourth-order valence-corrected chi connectivity index (χ4v) is 3.25. The molecule has 1 aliphatic rings. The molecule has 1 aliphatic heterocycles. The summed E-state index contributed by atoms with van der Waals surface area (Å²) in [4.78, 5) is 9.05. The minimum atomic E-state index is 0.404. The minimum absolute atomic E-state index is 0.404. The fourth-order valence-electron chi connectivity index (χ4n) is 3.25. The quantitative estimate of drug-likeness (QED) is 0.377. The van der Waals surface area contributed by atoms with E-state index >= 15 is 0 Å². The van der Waals surface area contributed by atoms with Crippen LogP contribution in [0.3, 0.4) is 0 Å². The lowest BCUT2D eigenvalue weighted by molar-refractivity contribution is 0.179. The van der Waals surface area contributed by atoms with Crippen molar-refractivity contribution in [2.45, 2.75) is 26.3 Å². The zero-order valence-corrected chi connectivity index (χ0v) is 16.0. The lowest BCUT2D eigenvalue weighted by atomic mass is 10.0. The first-order chi connectivity index (χ1) is 11.5. The van der Waals surface area contributed by atoms with Gasteiger partial charge in [-0.25, -0.2) is 0 Å². The van der Waals surface area contributed by atoms with E-state index < -0.39 is 0 Å². The molecule has 0 spiro atoms. The van der Waals surface area contributed by atoms with E-state index in [2.05, 4.69) is 54.2 Å². The van der Waals surface area contributed by atoms with Crippen LogP contribution in [-0.2, 0) is 4.74 Å². The van der Waals surface area contributed by atoms with Gasteiger partial charge < -0.3 is 15.0 Å². The van der Waals surface area contributed by atoms with Gasteiger partial charge >= 0.3 is 0 Å². The van der Waals surface area contributed by atoms with Gasteiger partial charge in [-0.2, -0.15) is 0 Å². The van der Waals surface area contributed by atoms with Crippen LogP contribution in [0.15, 0.2) is 30.3 Å². The maximum atomic E-state index is 5.47. The summed E-state index contributed by atoms with van der Waals surface area (Å²) in [6.45, 7) is 17.6. The monoisotopic (exact) mass is 336 g/mol. The van der Waals surface area contributed by atoms with Crippen LogP contribution in [-0.4, -0.2) is 75.3 Å². The molecule has 0 radical (unpaired) electrons. The van der Waals surface area contributed by atoms with E-state index in [0.717, 1.165) is 51.8 Å². The predicted octanol–water partition coefficient (Wildman–Crippen LogP) is 2.23. The number of hydrogen-bond donors (Lipinski definition) is 1. The topological polar surface area (TPSA) is 40.1 Å². The second kappa shape index (κ2) is 11.3. The Balaban J connectivity index is 2.61. The molecule has 0 saturated carbocycles. The molecule has 0 bridgehead atoms. The first-order valence-electron chi connectivity index (χ1n) is 8.98. The Morgan fingerprint density at radius 3 is 2.46 bits per heavy atom. The third kappa shape index (κ3) is 6.65. The van der Waals surface area contributed by atoms with Gasteiger partial charge in [0.15, 0.2) is 5.96 Å². The summed E-state index contributed by atoms with van der Waals surface area (Å²) in [5.74, 6) is 2.08. The van der Waals surface area contributed by atoms with Crippen molar-refractivity contribution >= 4 is 5.96 Å². The highest BCUT2D eigenvalue weighted by molar-refractivity contribution is 5.79. The molecule has 2 atom stereocenters. The Labute approximate surface area is 148 Å². The molecule has 1 fully saturated rings. The van der Waals surface area contributed by atoms with Crippen molar-refractivity contribution in [3.63, 3.8) is 0 Å². The Morgan fingerprint density at radius 2 is 2.00 bits per heavy atom. The Kier molecular flexibility index (Phi) is 9.72. The lowest BCUT2D eigenvalue weighted by Crippen LogP contribution is -2.50. The first kappa shape index (κ1) is 20.7. The van der Waals surface area contributed by atoms with Crippen LogP contribution in [0.2, 0.25) is 0 Å². The predicted molar refractivity (Wildman–Crippen MR) is 104 cm³/mol. The van der Waals surface area contributed by atoms with Crippen LogP contribution in [0.4, 0.5) is 0 Å². The van der Waals surface area contributed by atoms with Crippen LogP contribution in [0.5, 0.6) is 0 Å². The molecule has 0 aromatic rings. The molecule has 0 aliphatic carbocycles. The van der Waals surface area contributed by atoms with Crippen LogP contribution < -0.4 is 5.32 Å². The second-order valence-corrected chi connectivity index (χ2v) is 6.88. The van der Waals surface area contributed by atoms with Crippen molar-refractivity contribution in [2.24, 2.45) is 16.8 Å². The van der Waals surface area contributed by atoms with E-state index in [-0.39, 0.29) is 0 Å². The molecule has 1 N–H and O–H groups in total. The highest BCUT2D eigenvalue weighted by Crippen LogP contribution is 2.14. The van der Waals surface area contributed by atoms with E-state index in [1.54, 1.807) is 0 Å². The van der Waals surface area contributed by atoms with Crippen LogP contribution in [0, 0.1) is 11.8 Å². The number of rotatable bonds is 10. The highest BCUT2D eigenvalue weighted by Gasteiger charge is 2.22. The molecule has 2 unspecified atom stereocenters. The number of guanidine groups is 1. The average Bonchev–Trinajstić information content (AvgIpc) is 3.04. The standard InChI is InChI=1S/C19H36N4O/c1-7-10-23(11-8-2)18(16(3)4)13-21-19(20-5)22(6)14-17-9-12-24-15-17/h7-8,16-18H,1-2,9-15H2,3-6H3,(H,20,21). The van der Waals surface area contributed by atoms with Crippen LogP contribution >= 0.6 is 0 Å². The van der Waals surface area contributed by atoms with Gasteiger partial charge in [0, 0.05) is 58.8 Å². The number of nitrogens with zero attached hydrogens (tertiary/aromatic N) is 3. The minimum Gasteiger partial charge on any atom is -0.381 e. The summed E-state index contributed by atoms with van der Waals surface area (Å²) in [5, 5.41) is 3.55. The summed E-state index contributed by atoms with van der Waals surface area (Å²) in [7, 11) is 3.95. The molecule has 24 heavy (non-hydrogen) atoms. The van der Waals surface area contributed by atoms with Crippen molar-refractivity contribution in [1.29, 1.82) is 0 Å². The number of ether oxygens (including phenoxy) is 1. The van der Waals surface area contributed by atoms with Crippen molar-refractivity contribution < 1.29 is 4.74 Å². The van der Waals surface area contributed by atoms with E-state index in [4.69, 9.17) is 4.74 Å². The third-order valence-corrected chi connectivity index (χ3v) is 4.56. The smallest absolute Gasteiger partial charge is 0.193 e. The van der Waals surface area contributed by atoms with Gasteiger partial charge in [-0.15, -0.1) is 13.2 Å². The molecule has 1 saturated heterocycles. The van der Waals surface area contributed by atoms with Gasteiger partial charge in [-0.05, 0) is 12.3 Å². The Morgan fingerprint density at radius 1 is 1.33 bits per heavy atom. The van der Waals surface area contributed by atoms with Crippen molar-refractivity contribution in [1.82, 2.24) is 15.1 Å². The molecule has 0 amide bonds. The van der Waals surface area contributed by atoms with Crippen LogP contribution in [0.25, 0.3) is 0 Å². The molecule has 1 rings (SSSR count). The molecule has 5 heteroatoms.